The Kier molecular flexibility index (Phi) is 3.80. The number of nitrogens with two attached hydrogens (primary N) is 1. The Balaban J connectivity index is 2.40. The van der Waals surface area contributed by atoms with Crippen molar-refractivity contribution in [3.63, 3.8) is 0 Å². The van der Waals surface area contributed by atoms with E-state index in [1.165, 1.54) is 6.07 Å². The molecule has 0 aliphatic carbocycles. The van der Waals surface area contributed by atoms with Crippen molar-refractivity contribution in [2.24, 2.45) is 0 Å². The highest BCUT2D eigenvalue weighted by Crippen LogP contribution is 2.33. The Morgan fingerprint density at radius 2 is 2.11 bits per heavy atom. The Morgan fingerprint density at radius 1 is 1.42 bits per heavy atom. The van der Waals surface area contributed by atoms with Gasteiger partial charge in [-0.1, -0.05) is 0 Å². The Morgan fingerprint density at radius 3 is 2.68 bits per heavy atom. The molecule has 0 bridgehead atoms. The van der Waals surface area contributed by atoms with Crippen LogP contribution in [0.2, 0.25) is 0 Å². The van der Waals surface area contributed by atoms with Crippen LogP contribution in [-0.2, 0) is 0 Å². The fourth-order valence-corrected chi connectivity index (χ4v) is 1.89. The van der Waals surface area contributed by atoms with Crippen LogP contribution in [0.4, 0.5) is 10.1 Å². The van der Waals surface area contributed by atoms with Crippen molar-refractivity contribution < 1.29 is 9.13 Å². The summed E-state index contributed by atoms with van der Waals surface area (Å²) in [6.45, 7) is 5.76. The van der Waals surface area contributed by atoms with Crippen molar-refractivity contribution in [1.82, 2.24) is 9.78 Å². The molecule has 0 radical (unpaired) electrons. The monoisotopic (exact) mass is 327 g/mol. The van der Waals surface area contributed by atoms with Gasteiger partial charge in [-0.2, -0.15) is 5.10 Å². The molecule has 6 heteroatoms. The lowest BCUT2D eigenvalue weighted by molar-refractivity contribution is 0.388. The Bertz CT molecular complexity index is 610. The highest BCUT2D eigenvalue weighted by Gasteiger charge is 2.17. The van der Waals surface area contributed by atoms with E-state index >= 15 is 0 Å². The number of halogens is 2. The minimum atomic E-state index is -0.386. The smallest absolute Gasteiger partial charge is 0.241 e. The maximum Gasteiger partial charge on any atom is 0.241 e. The number of aromatic nitrogens is 2. The van der Waals surface area contributed by atoms with Crippen molar-refractivity contribution in [1.29, 1.82) is 0 Å². The lowest BCUT2D eigenvalue weighted by Crippen LogP contribution is -2.05. The van der Waals surface area contributed by atoms with E-state index in [0.717, 1.165) is 0 Å². The third-order valence-electron chi connectivity index (χ3n) is 2.68. The van der Waals surface area contributed by atoms with Crippen LogP contribution in [0.3, 0.4) is 0 Å². The van der Waals surface area contributed by atoms with Crippen molar-refractivity contribution in [3.8, 4) is 11.6 Å². The van der Waals surface area contributed by atoms with Crippen LogP contribution in [0, 0.1) is 12.7 Å². The summed E-state index contributed by atoms with van der Waals surface area (Å²) in [6, 6.07) is 4.66. The van der Waals surface area contributed by atoms with Crippen molar-refractivity contribution in [2.45, 2.75) is 26.8 Å². The molecule has 0 aliphatic heterocycles. The molecule has 2 aromatic rings. The van der Waals surface area contributed by atoms with Crippen LogP contribution in [0.25, 0.3) is 0 Å². The standard InChI is InChI=1S/C13H15BrFN3O/c1-7(2)18-13(12(16)8(3)17-18)19-9-4-5-10(14)11(15)6-9/h4-7H,16H2,1-3H3. The summed E-state index contributed by atoms with van der Waals surface area (Å²) >= 11 is 3.10. The largest absolute Gasteiger partial charge is 0.437 e. The molecule has 1 aromatic carbocycles. The lowest BCUT2D eigenvalue weighted by atomic mass is 10.3. The summed E-state index contributed by atoms with van der Waals surface area (Å²) in [5.41, 5.74) is 7.11. The number of ether oxygens (including phenoxy) is 1. The molecule has 19 heavy (non-hydrogen) atoms. The summed E-state index contributed by atoms with van der Waals surface area (Å²) in [4.78, 5) is 0. The molecule has 0 saturated carbocycles. The van der Waals surface area contributed by atoms with Crippen LogP contribution in [0.1, 0.15) is 25.6 Å². The molecule has 0 amide bonds. The zero-order valence-electron chi connectivity index (χ0n) is 10.9. The molecule has 2 rings (SSSR count). The van der Waals surface area contributed by atoms with Gasteiger partial charge in [-0.25, -0.2) is 9.07 Å². The summed E-state index contributed by atoms with van der Waals surface area (Å²) in [7, 11) is 0. The van der Waals surface area contributed by atoms with Gasteiger partial charge in [0.1, 0.15) is 17.3 Å². The summed E-state index contributed by atoms with van der Waals surface area (Å²) in [5, 5.41) is 4.31. The lowest BCUT2D eigenvalue weighted by Gasteiger charge is -2.12. The molecule has 0 unspecified atom stereocenters. The first-order chi connectivity index (χ1) is 8.90. The molecule has 0 spiro atoms. The van der Waals surface area contributed by atoms with E-state index in [9.17, 15) is 4.39 Å². The predicted octanol–water partition coefficient (Wildman–Crippen LogP) is 4.05. The van der Waals surface area contributed by atoms with Crippen LogP contribution >= 0.6 is 15.9 Å². The van der Waals surface area contributed by atoms with Gasteiger partial charge in [-0.05, 0) is 48.8 Å². The topological polar surface area (TPSA) is 53.1 Å². The van der Waals surface area contributed by atoms with Gasteiger partial charge in [0.25, 0.3) is 0 Å². The van der Waals surface area contributed by atoms with Crippen molar-refractivity contribution in [3.05, 3.63) is 34.2 Å². The SMILES string of the molecule is Cc1nn(C(C)C)c(Oc2ccc(Br)c(F)c2)c1N. The molecular weight excluding hydrogens is 313 g/mol. The fourth-order valence-electron chi connectivity index (χ4n) is 1.64. The highest BCUT2D eigenvalue weighted by atomic mass is 79.9. The van der Waals surface area contributed by atoms with Gasteiger partial charge in [-0.3, -0.25) is 0 Å². The number of nitrogens with zero attached hydrogens (tertiary/aromatic N) is 2. The van der Waals surface area contributed by atoms with Gasteiger partial charge in [0.15, 0.2) is 0 Å². The highest BCUT2D eigenvalue weighted by molar-refractivity contribution is 9.10. The average molecular weight is 328 g/mol. The quantitative estimate of drug-likeness (QED) is 0.925. The number of hydrogen-bond donors (Lipinski definition) is 1. The maximum atomic E-state index is 13.5. The van der Waals surface area contributed by atoms with E-state index in [-0.39, 0.29) is 11.9 Å². The fraction of sp³-hybridized carbons (Fsp3) is 0.308. The number of benzene rings is 1. The molecule has 0 atom stereocenters. The first-order valence-electron chi connectivity index (χ1n) is 5.87. The van der Waals surface area contributed by atoms with Gasteiger partial charge < -0.3 is 10.5 Å². The summed E-state index contributed by atoms with van der Waals surface area (Å²) < 4.78 is 21.2. The molecular formula is C13H15BrFN3O. The van der Waals surface area contributed by atoms with Crippen LogP contribution in [0.5, 0.6) is 11.6 Å². The second kappa shape index (κ2) is 5.21. The molecule has 1 aromatic heterocycles. The number of anilines is 1. The minimum absolute atomic E-state index is 0.103. The maximum absolute atomic E-state index is 13.5. The molecule has 4 nitrogen and oxygen atoms in total. The predicted molar refractivity (Wildman–Crippen MR) is 75.9 cm³/mol. The van der Waals surface area contributed by atoms with E-state index < -0.39 is 0 Å². The van der Waals surface area contributed by atoms with Crippen LogP contribution in [0.15, 0.2) is 22.7 Å². The third-order valence-corrected chi connectivity index (χ3v) is 3.32. The molecule has 0 fully saturated rings. The van der Waals surface area contributed by atoms with Crippen LogP contribution < -0.4 is 10.5 Å². The minimum Gasteiger partial charge on any atom is -0.437 e. The number of aryl methyl sites for hydroxylation is 1. The number of hydrogen-bond acceptors (Lipinski definition) is 3. The van der Waals surface area contributed by atoms with E-state index in [1.54, 1.807) is 16.8 Å². The van der Waals surface area contributed by atoms with E-state index in [0.29, 0.717) is 27.5 Å². The normalized spacial score (nSPS) is 11.1. The molecule has 1 heterocycles. The summed E-state index contributed by atoms with van der Waals surface area (Å²) in [6.07, 6.45) is 0. The second-order valence-electron chi connectivity index (χ2n) is 4.52. The van der Waals surface area contributed by atoms with Gasteiger partial charge in [0.2, 0.25) is 5.88 Å². The molecule has 0 saturated heterocycles. The molecule has 102 valence electrons. The van der Waals surface area contributed by atoms with E-state index in [2.05, 4.69) is 21.0 Å². The first-order valence-corrected chi connectivity index (χ1v) is 6.67. The Hall–Kier alpha value is -1.56. The van der Waals surface area contributed by atoms with Gasteiger partial charge in [-0.15, -0.1) is 0 Å². The van der Waals surface area contributed by atoms with Gasteiger partial charge in [0, 0.05) is 6.07 Å². The Labute approximate surface area is 119 Å². The summed E-state index contributed by atoms with van der Waals surface area (Å²) in [5.74, 6) is 0.437. The van der Waals surface area contributed by atoms with Gasteiger partial charge in [0.05, 0.1) is 16.2 Å². The average Bonchev–Trinajstić information content (AvgIpc) is 2.62. The first kappa shape index (κ1) is 13.9. The zero-order chi connectivity index (χ0) is 14.2. The van der Waals surface area contributed by atoms with Crippen LogP contribution in [-0.4, -0.2) is 9.78 Å². The second-order valence-corrected chi connectivity index (χ2v) is 5.37. The third kappa shape index (κ3) is 2.73. The number of nitrogen functional groups attached to an aromatic ring is 1. The molecule has 0 aliphatic rings. The number of rotatable bonds is 3. The molecule has 2 N–H and O–H groups in total. The van der Waals surface area contributed by atoms with Crippen molar-refractivity contribution in [2.75, 3.05) is 5.73 Å². The van der Waals surface area contributed by atoms with Crippen molar-refractivity contribution >= 4 is 21.6 Å². The van der Waals surface area contributed by atoms with E-state index in [4.69, 9.17) is 10.5 Å². The van der Waals surface area contributed by atoms with Gasteiger partial charge >= 0.3 is 0 Å². The zero-order valence-corrected chi connectivity index (χ0v) is 12.5. The van der Waals surface area contributed by atoms with E-state index in [1.807, 2.05) is 20.8 Å².